The maximum absolute atomic E-state index is 5.92. The molecule has 0 bridgehead atoms. The molecule has 0 unspecified atom stereocenters. The molecule has 1 aliphatic rings. The lowest BCUT2D eigenvalue weighted by molar-refractivity contribution is -0.0369. The predicted molar refractivity (Wildman–Crippen MR) is 51.0 cm³/mol. The summed E-state index contributed by atoms with van der Waals surface area (Å²) in [7, 11) is 3.88. The zero-order valence-electron chi connectivity index (χ0n) is 7.99. The quantitative estimate of drug-likeness (QED) is 0.501. The molecule has 0 heterocycles. The largest absolute Gasteiger partial charge is 0.254 e. The molecule has 0 radical (unpaired) electrons. The first-order chi connectivity index (χ1) is 5.62. The second-order valence-electron chi connectivity index (χ2n) is 3.25. The molecular weight excluding hydrogens is 150 g/mol. The van der Waals surface area contributed by atoms with Gasteiger partial charge in [-0.25, -0.2) is 5.01 Å². The number of hydrogen-bond acceptors (Lipinski definition) is 3. The van der Waals surface area contributed by atoms with E-state index in [-0.39, 0.29) is 5.54 Å². The Labute approximate surface area is 74.1 Å². The van der Waals surface area contributed by atoms with E-state index in [9.17, 15) is 0 Å². The molecule has 0 fully saturated rings. The van der Waals surface area contributed by atoms with Crippen LogP contribution in [0.5, 0.6) is 0 Å². The first kappa shape index (κ1) is 9.45. The third-order valence-corrected chi connectivity index (χ3v) is 2.30. The van der Waals surface area contributed by atoms with Crippen LogP contribution in [0, 0.1) is 0 Å². The van der Waals surface area contributed by atoms with Crippen LogP contribution in [-0.4, -0.2) is 29.8 Å². The SMILES string of the molecule is CCC1(N(N)N(C)C)C=CC=C1. The summed E-state index contributed by atoms with van der Waals surface area (Å²) in [6.07, 6.45) is 9.29. The van der Waals surface area contributed by atoms with Crippen molar-refractivity contribution in [3.63, 3.8) is 0 Å². The van der Waals surface area contributed by atoms with Crippen molar-refractivity contribution in [1.82, 2.24) is 10.1 Å². The highest BCUT2D eigenvalue weighted by molar-refractivity contribution is 5.29. The second-order valence-corrected chi connectivity index (χ2v) is 3.25. The van der Waals surface area contributed by atoms with Crippen LogP contribution < -0.4 is 5.84 Å². The topological polar surface area (TPSA) is 32.5 Å². The Bertz CT molecular complexity index is 194. The molecule has 1 aliphatic carbocycles. The Kier molecular flexibility index (Phi) is 2.67. The minimum atomic E-state index is -0.108. The standard InChI is InChI=1S/C9H17N3/c1-4-9(7-5-6-8-9)12(10)11(2)3/h5-8H,4,10H2,1-3H3. The number of rotatable bonds is 3. The molecule has 0 aromatic heterocycles. The van der Waals surface area contributed by atoms with Gasteiger partial charge in [-0.2, -0.15) is 5.12 Å². The van der Waals surface area contributed by atoms with Gasteiger partial charge in [-0.15, -0.1) is 0 Å². The predicted octanol–water partition coefficient (Wildman–Crippen LogP) is 0.913. The highest BCUT2D eigenvalue weighted by Gasteiger charge is 2.30. The molecule has 0 amide bonds. The van der Waals surface area contributed by atoms with Crippen LogP contribution in [0.3, 0.4) is 0 Å². The summed E-state index contributed by atoms with van der Waals surface area (Å²) < 4.78 is 0. The molecule has 3 nitrogen and oxygen atoms in total. The first-order valence-corrected chi connectivity index (χ1v) is 4.21. The van der Waals surface area contributed by atoms with Gasteiger partial charge in [-0.1, -0.05) is 31.2 Å². The summed E-state index contributed by atoms with van der Waals surface area (Å²) in [5, 5.41) is 3.64. The van der Waals surface area contributed by atoms with Crippen molar-refractivity contribution in [3.8, 4) is 0 Å². The van der Waals surface area contributed by atoms with Gasteiger partial charge in [0.25, 0.3) is 0 Å². The molecule has 0 aromatic carbocycles. The third kappa shape index (κ3) is 1.43. The van der Waals surface area contributed by atoms with E-state index in [1.54, 1.807) is 5.12 Å². The first-order valence-electron chi connectivity index (χ1n) is 4.21. The summed E-state index contributed by atoms with van der Waals surface area (Å²) in [5.41, 5.74) is -0.108. The molecule has 0 aliphatic heterocycles. The highest BCUT2D eigenvalue weighted by atomic mass is 15.8. The molecule has 68 valence electrons. The van der Waals surface area contributed by atoms with Crippen LogP contribution in [0.4, 0.5) is 0 Å². The van der Waals surface area contributed by atoms with Crippen molar-refractivity contribution in [3.05, 3.63) is 24.3 Å². The van der Waals surface area contributed by atoms with Gasteiger partial charge in [0.2, 0.25) is 0 Å². The summed E-state index contributed by atoms with van der Waals surface area (Å²) in [6.45, 7) is 2.13. The average Bonchev–Trinajstić information content (AvgIpc) is 2.52. The summed E-state index contributed by atoms with van der Waals surface area (Å²) >= 11 is 0. The van der Waals surface area contributed by atoms with E-state index < -0.39 is 0 Å². The molecule has 2 N–H and O–H groups in total. The molecular formula is C9H17N3. The van der Waals surface area contributed by atoms with Gasteiger partial charge in [-0.3, -0.25) is 5.84 Å². The fourth-order valence-corrected chi connectivity index (χ4v) is 1.42. The van der Waals surface area contributed by atoms with Crippen molar-refractivity contribution >= 4 is 0 Å². The van der Waals surface area contributed by atoms with Crippen LogP contribution >= 0.6 is 0 Å². The number of hydrogen-bond donors (Lipinski definition) is 1. The van der Waals surface area contributed by atoms with Crippen molar-refractivity contribution in [2.45, 2.75) is 18.9 Å². The second kappa shape index (κ2) is 3.39. The van der Waals surface area contributed by atoms with E-state index >= 15 is 0 Å². The summed E-state index contributed by atoms with van der Waals surface area (Å²) in [4.78, 5) is 0. The fourth-order valence-electron chi connectivity index (χ4n) is 1.42. The molecule has 12 heavy (non-hydrogen) atoms. The molecule has 0 saturated heterocycles. The molecule has 1 rings (SSSR count). The van der Waals surface area contributed by atoms with Gasteiger partial charge in [0.15, 0.2) is 0 Å². The van der Waals surface area contributed by atoms with Crippen molar-refractivity contribution < 1.29 is 0 Å². The lowest BCUT2D eigenvalue weighted by Gasteiger charge is -2.38. The Balaban J connectivity index is 2.81. The molecule has 0 spiro atoms. The highest BCUT2D eigenvalue weighted by Crippen LogP contribution is 2.25. The van der Waals surface area contributed by atoms with E-state index in [0.29, 0.717) is 0 Å². The van der Waals surface area contributed by atoms with Crippen LogP contribution in [0.25, 0.3) is 0 Å². The van der Waals surface area contributed by atoms with Crippen molar-refractivity contribution in [2.24, 2.45) is 5.84 Å². The van der Waals surface area contributed by atoms with Gasteiger partial charge in [0, 0.05) is 14.1 Å². The number of allylic oxidation sites excluding steroid dienone is 2. The minimum absolute atomic E-state index is 0.108. The zero-order valence-corrected chi connectivity index (χ0v) is 7.99. The molecule has 0 atom stereocenters. The summed E-state index contributed by atoms with van der Waals surface area (Å²) in [6, 6.07) is 0. The van der Waals surface area contributed by atoms with Crippen molar-refractivity contribution in [1.29, 1.82) is 0 Å². The number of nitrogens with zero attached hydrogens (tertiary/aromatic N) is 2. The zero-order chi connectivity index (χ0) is 9.19. The molecule has 0 aromatic rings. The lowest BCUT2D eigenvalue weighted by Crippen LogP contribution is -2.56. The Morgan fingerprint density at radius 3 is 2.08 bits per heavy atom. The van der Waals surface area contributed by atoms with Gasteiger partial charge >= 0.3 is 0 Å². The van der Waals surface area contributed by atoms with Gasteiger partial charge in [0.05, 0.1) is 5.54 Å². The molecule has 3 heteroatoms. The average molecular weight is 167 g/mol. The maximum Gasteiger partial charge on any atom is 0.0872 e. The van der Waals surface area contributed by atoms with E-state index in [1.165, 1.54) is 0 Å². The smallest absolute Gasteiger partial charge is 0.0872 e. The van der Waals surface area contributed by atoms with Gasteiger partial charge < -0.3 is 0 Å². The van der Waals surface area contributed by atoms with E-state index in [4.69, 9.17) is 5.84 Å². The normalized spacial score (nSPS) is 19.8. The number of nitrogens with two attached hydrogens (primary N) is 1. The fraction of sp³-hybridized carbons (Fsp3) is 0.556. The maximum atomic E-state index is 5.92. The molecule has 0 saturated carbocycles. The monoisotopic (exact) mass is 167 g/mol. The Hall–Kier alpha value is -0.640. The van der Waals surface area contributed by atoms with E-state index in [0.717, 1.165) is 6.42 Å². The van der Waals surface area contributed by atoms with Crippen LogP contribution in [-0.2, 0) is 0 Å². The van der Waals surface area contributed by atoms with Crippen molar-refractivity contribution in [2.75, 3.05) is 14.1 Å². The Morgan fingerprint density at radius 1 is 1.25 bits per heavy atom. The number of hydrazine groups is 2. The van der Waals surface area contributed by atoms with E-state index in [1.807, 2.05) is 31.3 Å². The minimum Gasteiger partial charge on any atom is -0.254 e. The van der Waals surface area contributed by atoms with Gasteiger partial charge in [0.1, 0.15) is 0 Å². The van der Waals surface area contributed by atoms with Crippen LogP contribution in [0.15, 0.2) is 24.3 Å². The Morgan fingerprint density at radius 2 is 1.75 bits per heavy atom. The van der Waals surface area contributed by atoms with Crippen LogP contribution in [0.2, 0.25) is 0 Å². The van der Waals surface area contributed by atoms with E-state index in [2.05, 4.69) is 19.1 Å². The lowest BCUT2D eigenvalue weighted by atomic mass is 9.99. The third-order valence-electron chi connectivity index (χ3n) is 2.30. The van der Waals surface area contributed by atoms with Crippen LogP contribution in [0.1, 0.15) is 13.3 Å². The van der Waals surface area contributed by atoms with Gasteiger partial charge in [-0.05, 0) is 6.42 Å². The summed E-state index contributed by atoms with van der Waals surface area (Å²) in [5.74, 6) is 5.92.